The van der Waals surface area contributed by atoms with Gasteiger partial charge >= 0.3 is 0 Å². The largest absolute Gasteiger partial charge is 0.389 e. The Kier molecular flexibility index (Phi) is 4.15. The van der Waals surface area contributed by atoms with Crippen LogP contribution in [0.25, 0.3) is 0 Å². The summed E-state index contributed by atoms with van der Waals surface area (Å²) in [5.74, 6) is -0.695. The lowest BCUT2D eigenvalue weighted by molar-refractivity contribution is 0.102. The molecule has 1 atom stereocenters. The molecular formula is C16H16FNO2. The molecule has 0 aliphatic rings. The molecule has 20 heavy (non-hydrogen) atoms. The van der Waals surface area contributed by atoms with Crippen LogP contribution >= 0.6 is 0 Å². The highest BCUT2D eigenvalue weighted by molar-refractivity contribution is 6.05. The van der Waals surface area contributed by atoms with Gasteiger partial charge in [0.25, 0.3) is 5.91 Å². The van der Waals surface area contributed by atoms with E-state index in [1.165, 1.54) is 18.2 Å². The summed E-state index contributed by atoms with van der Waals surface area (Å²) in [7, 11) is 0. The minimum atomic E-state index is -0.680. The average molecular weight is 273 g/mol. The summed E-state index contributed by atoms with van der Waals surface area (Å²) in [6.07, 6.45) is -0.680. The fourth-order valence-corrected chi connectivity index (χ4v) is 2.05. The van der Waals surface area contributed by atoms with Gasteiger partial charge in [-0.1, -0.05) is 18.2 Å². The van der Waals surface area contributed by atoms with Crippen molar-refractivity contribution in [2.45, 2.75) is 20.0 Å². The number of carbonyl (C=O) groups excluding carboxylic acids is 1. The third-order valence-corrected chi connectivity index (χ3v) is 3.09. The number of carbonyl (C=O) groups is 1. The van der Waals surface area contributed by atoms with Gasteiger partial charge in [-0.3, -0.25) is 4.79 Å². The molecule has 0 heterocycles. The maximum atomic E-state index is 13.0. The molecule has 0 fully saturated rings. The van der Waals surface area contributed by atoms with E-state index in [2.05, 4.69) is 5.32 Å². The number of anilines is 1. The van der Waals surface area contributed by atoms with Crippen molar-refractivity contribution < 1.29 is 14.3 Å². The number of amides is 1. The van der Waals surface area contributed by atoms with E-state index in [1.54, 1.807) is 38.1 Å². The van der Waals surface area contributed by atoms with Gasteiger partial charge in [-0.15, -0.1) is 0 Å². The highest BCUT2D eigenvalue weighted by atomic mass is 19.1. The fourth-order valence-electron chi connectivity index (χ4n) is 2.05. The molecule has 2 N–H and O–H groups in total. The zero-order valence-electron chi connectivity index (χ0n) is 11.4. The predicted molar refractivity (Wildman–Crippen MR) is 76.2 cm³/mol. The second kappa shape index (κ2) is 5.84. The number of halogens is 1. The summed E-state index contributed by atoms with van der Waals surface area (Å²) >= 11 is 0. The summed E-state index contributed by atoms with van der Waals surface area (Å²) in [6.45, 7) is 3.31. The van der Waals surface area contributed by atoms with Crippen molar-refractivity contribution in [2.75, 3.05) is 5.32 Å². The molecule has 0 saturated carbocycles. The van der Waals surface area contributed by atoms with Crippen molar-refractivity contribution in [3.63, 3.8) is 0 Å². The first-order chi connectivity index (χ1) is 9.49. The lowest BCUT2D eigenvalue weighted by atomic mass is 10.1. The topological polar surface area (TPSA) is 49.3 Å². The molecule has 4 heteroatoms. The Morgan fingerprint density at radius 3 is 2.60 bits per heavy atom. The summed E-state index contributed by atoms with van der Waals surface area (Å²) in [5, 5.41) is 12.4. The molecule has 0 spiro atoms. The molecule has 0 aliphatic carbocycles. The molecule has 0 radical (unpaired) electrons. The highest BCUT2D eigenvalue weighted by Crippen LogP contribution is 2.23. The zero-order valence-corrected chi connectivity index (χ0v) is 11.4. The van der Waals surface area contributed by atoms with Gasteiger partial charge in [-0.2, -0.15) is 0 Å². The van der Waals surface area contributed by atoms with Gasteiger partial charge in [0, 0.05) is 16.8 Å². The van der Waals surface area contributed by atoms with Gasteiger partial charge in [0.15, 0.2) is 0 Å². The maximum absolute atomic E-state index is 13.0. The number of hydrogen-bond donors (Lipinski definition) is 2. The van der Waals surface area contributed by atoms with Crippen LogP contribution in [0.4, 0.5) is 10.1 Å². The number of rotatable bonds is 3. The smallest absolute Gasteiger partial charge is 0.255 e. The third kappa shape index (κ3) is 3.03. The number of aliphatic hydroxyl groups excluding tert-OH is 1. The molecule has 2 aromatic rings. The molecule has 0 aromatic heterocycles. The molecule has 1 unspecified atom stereocenters. The lowest BCUT2D eigenvalue weighted by Gasteiger charge is -2.13. The summed E-state index contributed by atoms with van der Waals surface area (Å²) < 4.78 is 13.0. The van der Waals surface area contributed by atoms with Crippen LogP contribution in [-0.4, -0.2) is 11.0 Å². The molecule has 0 bridgehead atoms. The van der Waals surface area contributed by atoms with Crippen LogP contribution in [-0.2, 0) is 0 Å². The normalized spacial score (nSPS) is 12.0. The van der Waals surface area contributed by atoms with Crippen LogP contribution in [0.15, 0.2) is 42.5 Å². The Balaban J connectivity index is 2.28. The summed E-state index contributed by atoms with van der Waals surface area (Å²) in [5.41, 5.74) is 2.17. The second-order valence-corrected chi connectivity index (χ2v) is 4.68. The fraction of sp³-hybridized carbons (Fsp3) is 0.188. The van der Waals surface area contributed by atoms with Crippen molar-refractivity contribution in [3.8, 4) is 0 Å². The van der Waals surface area contributed by atoms with Crippen molar-refractivity contribution >= 4 is 11.6 Å². The van der Waals surface area contributed by atoms with Crippen LogP contribution < -0.4 is 5.32 Å². The van der Waals surface area contributed by atoms with Crippen molar-refractivity contribution in [1.29, 1.82) is 0 Å². The van der Waals surface area contributed by atoms with E-state index >= 15 is 0 Å². The number of aryl methyl sites for hydroxylation is 1. The van der Waals surface area contributed by atoms with Crippen LogP contribution in [0.1, 0.15) is 34.5 Å². The Morgan fingerprint density at radius 1 is 1.25 bits per heavy atom. The first-order valence-electron chi connectivity index (χ1n) is 6.33. The number of nitrogens with one attached hydrogen (secondary N) is 1. The van der Waals surface area contributed by atoms with Crippen LogP contribution in [0.5, 0.6) is 0 Å². The summed E-state index contributed by atoms with van der Waals surface area (Å²) in [4.78, 5) is 12.2. The SMILES string of the molecule is Cc1cc(F)ccc1C(=O)Nc1ccccc1C(C)O. The van der Waals surface area contributed by atoms with E-state index < -0.39 is 6.10 Å². The molecule has 2 rings (SSSR count). The van der Waals surface area contributed by atoms with Gasteiger partial charge in [-0.25, -0.2) is 4.39 Å². The van der Waals surface area contributed by atoms with Gasteiger partial charge in [0.05, 0.1) is 6.10 Å². The summed E-state index contributed by atoms with van der Waals surface area (Å²) in [6, 6.07) is 11.1. The monoisotopic (exact) mass is 273 g/mol. The highest BCUT2D eigenvalue weighted by Gasteiger charge is 2.13. The molecule has 0 aliphatic heterocycles. The van der Waals surface area contributed by atoms with Crippen molar-refractivity contribution in [1.82, 2.24) is 0 Å². The van der Waals surface area contributed by atoms with E-state index in [4.69, 9.17) is 0 Å². The minimum Gasteiger partial charge on any atom is -0.389 e. The van der Waals surface area contributed by atoms with E-state index in [0.717, 1.165) is 0 Å². The number of benzene rings is 2. The predicted octanol–water partition coefficient (Wildman–Crippen LogP) is 3.44. The Hall–Kier alpha value is -2.20. The van der Waals surface area contributed by atoms with Gasteiger partial charge in [-0.05, 0) is 43.7 Å². The molecular weight excluding hydrogens is 257 g/mol. The van der Waals surface area contributed by atoms with E-state index in [0.29, 0.717) is 22.4 Å². The first-order valence-corrected chi connectivity index (χ1v) is 6.33. The van der Waals surface area contributed by atoms with Crippen LogP contribution in [0.3, 0.4) is 0 Å². The Labute approximate surface area is 117 Å². The van der Waals surface area contributed by atoms with Crippen LogP contribution in [0, 0.1) is 12.7 Å². The van der Waals surface area contributed by atoms with E-state index in [1.807, 2.05) is 0 Å². The second-order valence-electron chi connectivity index (χ2n) is 4.68. The molecule has 1 amide bonds. The first kappa shape index (κ1) is 14.2. The van der Waals surface area contributed by atoms with Gasteiger partial charge < -0.3 is 10.4 Å². The minimum absolute atomic E-state index is 0.324. The quantitative estimate of drug-likeness (QED) is 0.900. The van der Waals surface area contributed by atoms with E-state index in [-0.39, 0.29) is 11.7 Å². The van der Waals surface area contributed by atoms with Gasteiger partial charge in [0.1, 0.15) is 5.82 Å². The molecule has 0 saturated heterocycles. The third-order valence-electron chi connectivity index (χ3n) is 3.09. The zero-order chi connectivity index (χ0) is 14.7. The number of para-hydroxylation sites is 1. The Bertz CT molecular complexity index is 638. The van der Waals surface area contributed by atoms with Gasteiger partial charge in [0.2, 0.25) is 0 Å². The lowest BCUT2D eigenvalue weighted by Crippen LogP contribution is -2.15. The molecule has 104 valence electrons. The number of hydrogen-bond acceptors (Lipinski definition) is 2. The molecule has 3 nitrogen and oxygen atoms in total. The molecule has 2 aromatic carbocycles. The standard InChI is InChI=1S/C16H16FNO2/c1-10-9-12(17)7-8-13(10)16(20)18-15-6-4-3-5-14(15)11(2)19/h3-9,11,19H,1-2H3,(H,18,20). The van der Waals surface area contributed by atoms with E-state index in [9.17, 15) is 14.3 Å². The maximum Gasteiger partial charge on any atom is 0.255 e. The van der Waals surface area contributed by atoms with Crippen molar-refractivity contribution in [2.24, 2.45) is 0 Å². The van der Waals surface area contributed by atoms with Crippen molar-refractivity contribution in [3.05, 3.63) is 65.0 Å². The Morgan fingerprint density at radius 2 is 1.95 bits per heavy atom. The van der Waals surface area contributed by atoms with Crippen LogP contribution in [0.2, 0.25) is 0 Å². The number of aliphatic hydroxyl groups is 1. The average Bonchev–Trinajstić information content (AvgIpc) is 2.38.